The highest BCUT2D eigenvalue weighted by molar-refractivity contribution is 5.17. The van der Waals surface area contributed by atoms with E-state index >= 15 is 0 Å². The summed E-state index contributed by atoms with van der Waals surface area (Å²) >= 11 is 0. The van der Waals surface area contributed by atoms with Gasteiger partial charge in [-0.05, 0) is 13.0 Å². The molecule has 2 rings (SSSR count). The Morgan fingerprint density at radius 3 is 2.85 bits per heavy atom. The molecule has 2 atom stereocenters. The van der Waals surface area contributed by atoms with E-state index in [1.165, 1.54) is 0 Å². The number of aromatic nitrogens is 2. The average Bonchev–Trinajstić information content (AvgIpc) is 2.63. The molecule has 2 nitrogen and oxygen atoms in total. The van der Waals surface area contributed by atoms with Gasteiger partial charge in [-0.3, -0.25) is 4.98 Å². The quantitative estimate of drug-likeness (QED) is 0.628. The van der Waals surface area contributed by atoms with Crippen molar-refractivity contribution < 1.29 is 4.57 Å². The zero-order valence-corrected chi connectivity index (χ0v) is 8.07. The van der Waals surface area contributed by atoms with Crippen LogP contribution in [0.15, 0.2) is 43.0 Å². The maximum Gasteiger partial charge on any atom is 0.242 e. The van der Waals surface area contributed by atoms with Crippen LogP contribution in [0.5, 0.6) is 0 Å². The van der Waals surface area contributed by atoms with Crippen molar-refractivity contribution in [2.75, 3.05) is 0 Å². The van der Waals surface area contributed by atoms with E-state index < -0.39 is 0 Å². The Balaban J connectivity index is 2.41. The lowest BCUT2D eigenvalue weighted by atomic mass is 9.83. The van der Waals surface area contributed by atoms with Crippen molar-refractivity contribution >= 4 is 0 Å². The van der Waals surface area contributed by atoms with E-state index in [4.69, 9.17) is 0 Å². The summed E-state index contributed by atoms with van der Waals surface area (Å²) in [6.07, 6.45) is 14.7. The number of hydrogen-bond acceptors (Lipinski definition) is 0. The summed E-state index contributed by atoms with van der Waals surface area (Å²) < 4.78 is 2.21. The van der Waals surface area contributed by atoms with Gasteiger partial charge in [0.1, 0.15) is 17.9 Å². The van der Waals surface area contributed by atoms with Crippen LogP contribution in [0.3, 0.4) is 0 Å². The highest BCUT2D eigenvalue weighted by Gasteiger charge is 2.34. The molecule has 0 aliphatic heterocycles. The fourth-order valence-electron chi connectivity index (χ4n) is 1.74. The van der Waals surface area contributed by atoms with Crippen molar-refractivity contribution in [2.24, 2.45) is 5.92 Å². The lowest BCUT2D eigenvalue weighted by molar-refractivity contribution is -0.753. The Labute approximate surface area is 78.6 Å². The van der Waals surface area contributed by atoms with Crippen LogP contribution in [0.25, 0.3) is 0 Å². The van der Waals surface area contributed by atoms with Gasteiger partial charge >= 0.3 is 0 Å². The SMILES string of the molecule is CC1C=CC=CC1(C)[n+]1cc[nH]c1. The minimum Gasteiger partial charge on any atom is -0.250 e. The first-order chi connectivity index (χ1) is 6.23. The summed E-state index contributed by atoms with van der Waals surface area (Å²) in [6.45, 7) is 4.48. The van der Waals surface area contributed by atoms with Gasteiger partial charge in [0.15, 0.2) is 0 Å². The molecule has 0 aromatic carbocycles. The lowest BCUT2D eigenvalue weighted by Gasteiger charge is -2.29. The summed E-state index contributed by atoms with van der Waals surface area (Å²) in [4.78, 5) is 3.08. The molecule has 1 aliphatic rings. The number of allylic oxidation sites excluding steroid dienone is 4. The topological polar surface area (TPSA) is 19.7 Å². The monoisotopic (exact) mass is 175 g/mol. The fourth-order valence-corrected chi connectivity index (χ4v) is 1.74. The van der Waals surface area contributed by atoms with Crippen molar-refractivity contribution in [3.63, 3.8) is 0 Å². The molecular weight excluding hydrogens is 160 g/mol. The van der Waals surface area contributed by atoms with Gasteiger partial charge in [-0.2, -0.15) is 0 Å². The van der Waals surface area contributed by atoms with E-state index in [0.717, 1.165) is 0 Å². The van der Waals surface area contributed by atoms with Crippen molar-refractivity contribution in [3.05, 3.63) is 43.0 Å². The maximum absolute atomic E-state index is 3.08. The van der Waals surface area contributed by atoms with Crippen LogP contribution >= 0.6 is 0 Å². The van der Waals surface area contributed by atoms with E-state index in [0.29, 0.717) is 5.92 Å². The Morgan fingerprint density at radius 1 is 1.38 bits per heavy atom. The van der Waals surface area contributed by atoms with E-state index in [1.807, 2.05) is 12.5 Å². The second-order valence-corrected chi connectivity index (χ2v) is 3.78. The number of nitrogens with zero attached hydrogens (tertiary/aromatic N) is 1. The van der Waals surface area contributed by atoms with E-state index in [2.05, 4.69) is 53.9 Å². The molecule has 1 heterocycles. The average molecular weight is 175 g/mol. The first-order valence-electron chi connectivity index (χ1n) is 4.64. The highest BCUT2D eigenvalue weighted by Crippen LogP contribution is 2.25. The Hall–Kier alpha value is -1.31. The van der Waals surface area contributed by atoms with Crippen molar-refractivity contribution in [3.8, 4) is 0 Å². The molecule has 0 amide bonds. The van der Waals surface area contributed by atoms with Gasteiger partial charge in [-0.15, -0.1) is 0 Å². The lowest BCUT2D eigenvalue weighted by Crippen LogP contribution is -2.55. The zero-order chi connectivity index (χ0) is 9.31. The van der Waals surface area contributed by atoms with Crippen LogP contribution in [0.2, 0.25) is 0 Å². The van der Waals surface area contributed by atoms with Gasteiger partial charge in [0.25, 0.3) is 0 Å². The second-order valence-electron chi connectivity index (χ2n) is 3.78. The number of imidazole rings is 1. The third-order valence-electron chi connectivity index (χ3n) is 2.97. The minimum atomic E-state index is 0.0781. The molecule has 0 radical (unpaired) electrons. The molecule has 13 heavy (non-hydrogen) atoms. The van der Waals surface area contributed by atoms with Crippen molar-refractivity contribution in [1.29, 1.82) is 0 Å². The standard InChI is InChI=1S/C11H14N2/c1-10-5-3-4-6-11(10,2)13-8-7-12-9-13/h3-10H,1-2H3/p+1. The van der Waals surface area contributed by atoms with Gasteiger partial charge in [0.2, 0.25) is 6.33 Å². The minimum absolute atomic E-state index is 0.0781. The van der Waals surface area contributed by atoms with Crippen molar-refractivity contribution in [2.45, 2.75) is 19.4 Å². The number of rotatable bonds is 1. The molecule has 0 bridgehead atoms. The summed E-state index contributed by atoms with van der Waals surface area (Å²) in [6, 6.07) is 0. The largest absolute Gasteiger partial charge is 0.250 e. The van der Waals surface area contributed by atoms with E-state index in [-0.39, 0.29) is 5.54 Å². The van der Waals surface area contributed by atoms with Crippen molar-refractivity contribution in [1.82, 2.24) is 4.98 Å². The summed E-state index contributed by atoms with van der Waals surface area (Å²) in [5.41, 5.74) is 0.0781. The highest BCUT2D eigenvalue weighted by atomic mass is 15.1. The van der Waals surface area contributed by atoms with Crippen LogP contribution in [-0.2, 0) is 5.54 Å². The van der Waals surface area contributed by atoms with Gasteiger partial charge in [0.05, 0.1) is 0 Å². The number of H-pyrrole nitrogens is 1. The second kappa shape index (κ2) is 2.87. The molecule has 1 aromatic heterocycles. The molecule has 0 fully saturated rings. The van der Waals surface area contributed by atoms with Crippen LogP contribution in [0.1, 0.15) is 13.8 Å². The third kappa shape index (κ3) is 1.22. The molecule has 0 saturated carbocycles. The van der Waals surface area contributed by atoms with E-state index in [9.17, 15) is 0 Å². The molecule has 1 aliphatic carbocycles. The maximum atomic E-state index is 3.08. The summed E-state index contributed by atoms with van der Waals surface area (Å²) in [5, 5.41) is 0. The number of nitrogens with one attached hydrogen (secondary N) is 1. The molecular formula is C11H15N2+. The van der Waals surface area contributed by atoms with Gasteiger partial charge in [0, 0.05) is 5.92 Å². The van der Waals surface area contributed by atoms with E-state index in [1.54, 1.807) is 0 Å². The Kier molecular flexibility index (Phi) is 1.83. The summed E-state index contributed by atoms with van der Waals surface area (Å²) in [5.74, 6) is 0.526. The van der Waals surface area contributed by atoms with Crippen LogP contribution in [-0.4, -0.2) is 4.98 Å². The molecule has 68 valence electrons. The predicted octanol–water partition coefficient (Wildman–Crippen LogP) is 1.78. The summed E-state index contributed by atoms with van der Waals surface area (Å²) in [7, 11) is 0. The number of hydrogen-bond donors (Lipinski definition) is 1. The first kappa shape index (κ1) is 8.30. The normalized spacial score (nSPS) is 32.3. The Bertz CT molecular complexity index is 335. The van der Waals surface area contributed by atoms with Crippen LogP contribution in [0, 0.1) is 5.92 Å². The fraction of sp³-hybridized carbons (Fsp3) is 0.364. The molecule has 2 heteroatoms. The molecule has 0 spiro atoms. The zero-order valence-electron chi connectivity index (χ0n) is 8.07. The van der Waals surface area contributed by atoms with Crippen LogP contribution < -0.4 is 4.57 Å². The molecule has 2 unspecified atom stereocenters. The molecule has 1 aromatic rings. The van der Waals surface area contributed by atoms with Gasteiger partial charge < -0.3 is 0 Å². The molecule has 1 N–H and O–H groups in total. The first-order valence-corrected chi connectivity index (χ1v) is 4.64. The third-order valence-corrected chi connectivity index (χ3v) is 2.97. The number of aromatic amines is 1. The smallest absolute Gasteiger partial charge is 0.242 e. The Morgan fingerprint density at radius 2 is 2.23 bits per heavy atom. The molecule has 0 saturated heterocycles. The predicted molar refractivity (Wildman–Crippen MR) is 52.1 cm³/mol. The van der Waals surface area contributed by atoms with Gasteiger partial charge in [-0.25, -0.2) is 4.57 Å². The van der Waals surface area contributed by atoms with Gasteiger partial charge in [-0.1, -0.05) is 25.2 Å². The van der Waals surface area contributed by atoms with Crippen LogP contribution in [0.4, 0.5) is 0 Å².